The van der Waals surface area contributed by atoms with Crippen LogP contribution >= 0.6 is 0 Å². The van der Waals surface area contributed by atoms with Crippen LogP contribution in [0.15, 0.2) is 48.5 Å². The van der Waals surface area contributed by atoms with Crippen LogP contribution in [0.2, 0.25) is 0 Å². The van der Waals surface area contributed by atoms with Crippen LogP contribution in [0.5, 0.6) is 0 Å². The van der Waals surface area contributed by atoms with Crippen molar-refractivity contribution in [1.82, 2.24) is 5.48 Å². The van der Waals surface area contributed by atoms with Crippen molar-refractivity contribution >= 4 is 23.2 Å². The van der Waals surface area contributed by atoms with Gasteiger partial charge in [0.25, 0.3) is 5.91 Å². The smallest absolute Gasteiger partial charge is 0.274 e. The highest BCUT2D eigenvalue weighted by Gasteiger charge is 2.30. The number of nitrogens with zero attached hydrogens (tertiary/aromatic N) is 1. The number of amides is 2. The van der Waals surface area contributed by atoms with Gasteiger partial charge in [0.05, 0.1) is 6.04 Å². The predicted molar refractivity (Wildman–Crippen MR) is 86.5 cm³/mol. The van der Waals surface area contributed by atoms with Gasteiger partial charge in [0.1, 0.15) is 5.82 Å². The van der Waals surface area contributed by atoms with Gasteiger partial charge in [-0.15, -0.1) is 0 Å². The third-order valence-electron chi connectivity index (χ3n) is 3.88. The van der Waals surface area contributed by atoms with Gasteiger partial charge in [0.2, 0.25) is 5.91 Å². The maximum absolute atomic E-state index is 13.0. The Labute approximate surface area is 137 Å². The van der Waals surface area contributed by atoms with Crippen LogP contribution in [0.4, 0.5) is 15.8 Å². The summed E-state index contributed by atoms with van der Waals surface area (Å²) in [5.74, 6) is -0.956. The number of hydrogen-bond donors (Lipinski definition) is 3. The number of carbonyl (C=O) groups excluding carboxylic acids is 2. The molecule has 1 heterocycles. The summed E-state index contributed by atoms with van der Waals surface area (Å²) < 4.78 is 13.0. The van der Waals surface area contributed by atoms with Crippen LogP contribution < -0.4 is 15.7 Å². The van der Waals surface area contributed by atoms with Gasteiger partial charge in [0, 0.05) is 29.9 Å². The van der Waals surface area contributed by atoms with Crippen molar-refractivity contribution < 1.29 is 19.2 Å². The highest BCUT2D eigenvalue weighted by molar-refractivity contribution is 5.96. The van der Waals surface area contributed by atoms with E-state index in [1.165, 1.54) is 12.1 Å². The van der Waals surface area contributed by atoms with Crippen LogP contribution in [-0.2, 0) is 4.79 Å². The minimum absolute atomic E-state index is 0.0320. The van der Waals surface area contributed by atoms with Crippen LogP contribution in [0.25, 0.3) is 0 Å². The van der Waals surface area contributed by atoms with Crippen molar-refractivity contribution in [1.29, 1.82) is 0 Å². The molecular formula is C17H16FN3O3. The van der Waals surface area contributed by atoms with Crippen LogP contribution in [0.3, 0.4) is 0 Å². The molecule has 1 unspecified atom stereocenters. The number of hydroxylamine groups is 1. The van der Waals surface area contributed by atoms with Gasteiger partial charge in [-0.05, 0) is 48.5 Å². The van der Waals surface area contributed by atoms with E-state index in [0.29, 0.717) is 24.2 Å². The summed E-state index contributed by atoms with van der Waals surface area (Å²) in [4.78, 5) is 25.0. The molecule has 7 heteroatoms. The summed E-state index contributed by atoms with van der Waals surface area (Å²) in [6, 6.07) is 12.3. The Kier molecular flexibility index (Phi) is 4.43. The standard InChI is InChI=1S/C17H16FN3O3/c18-12-3-7-15(8-4-12)21-10-14(9-16(21)22)19-13-5-1-11(2-6-13)17(23)20-24/h1-8,14,19,24H,9-10H2,(H,20,23). The summed E-state index contributed by atoms with van der Waals surface area (Å²) in [5.41, 5.74) is 3.34. The van der Waals surface area contributed by atoms with Gasteiger partial charge in [-0.2, -0.15) is 0 Å². The van der Waals surface area contributed by atoms with Gasteiger partial charge < -0.3 is 10.2 Å². The van der Waals surface area contributed by atoms with E-state index in [9.17, 15) is 14.0 Å². The van der Waals surface area contributed by atoms with Gasteiger partial charge in [0.15, 0.2) is 0 Å². The molecule has 1 atom stereocenters. The lowest BCUT2D eigenvalue weighted by Gasteiger charge is -2.18. The molecule has 0 radical (unpaired) electrons. The molecule has 0 aliphatic carbocycles. The number of nitrogens with one attached hydrogen (secondary N) is 2. The first-order chi connectivity index (χ1) is 11.6. The van der Waals surface area contributed by atoms with Gasteiger partial charge >= 0.3 is 0 Å². The normalized spacial score (nSPS) is 17.0. The average Bonchev–Trinajstić information content (AvgIpc) is 2.96. The Morgan fingerprint density at radius 3 is 2.42 bits per heavy atom. The molecule has 2 aromatic carbocycles. The molecule has 0 aromatic heterocycles. The molecule has 1 fully saturated rings. The minimum Gasteiger partial charge on any atom is -0.380 e. The second-order valence-electron chi connectivity index (χ2n) is 5.54. The van der Waals surface area contributed by atoms with E-state index in [-0.39, 0.29) is 17.8 Å². The molecule has 0 bridgehead atoms. The Hall–Kier alpha value is -2.93. The summed E-state index contributed by atoms with van der Waals surface area (Å²) in [5, 5.41) is 11.8. The minimum atomic E-state index is -0.583. The molecule has 3 N–H and O–H groups in total. The summed E-state index contributed by atoms with van der Waals surface area (Å²) in [7, 11) is 0. The molecular weight excluding hydrogens is 313 g/mol. The second-order valence-corrected chi connectivity index (χ2v) is 5.54. The van der Waals surface area contributed by atoms with E-state index in [1.54, 1.807) is 46.8 Å². The van der Waals surface area contributed by atoms with Crippen molar-refractivity contribution in [3.05, 3.63) is 59.9 Å². The zero-order valence-electron chi connectivity index (χ0n) is 12.7. The largest absolute Gasteiger partial charge is 0.380 e. The molecule has 3 rings (SSSR count). The fourth-order valence-electron chi connectivity index (χ4n) is 2.69. The fourth-order valence-corrected chi connectivity index (χ4v) is 2.69. The summed E-state index contributed by atoms with van der Waals surface area (Å²) in [6.45, 7) is 0.476. The highest BCUT2D eigenvalue weighted by Crippen LogP contribution is 2.24. The topological polar surface area (TPSA) is 81.7 Å². The van der Waals surface area contributed by atoms with E-state index in [2.05, 4.69) is 5.32 Å². The molecule has 2 amide bonds. The Morgan fingerprint density at radius 1 is 1.12 bits per heavy atom. The molecule has 0 saturated carbocycles. The number of benzene rings is 2. The fraction of sp³-hybridized carbons (Fsp3) is 0.176. The lowest BCUT2D eigenvalue weighted by molar-refractivity contribution is -0.117. The molecule has 6 nitrogen and oxygen atoms in total. The summed E-state index contributed by atoms with van der Waals surface area (Å²) >= 11 is 0. The highest BCUT2D eigenvalue weighted by atomic mass is 19.1. The maximum Gasteiger partial charge on any atom is 0.274 e. The van der Waals surface area contributed by atoms with E-state index in [1.807, 2.05) is 0 Å². The number of carbonyl (C=O) groups is 2. The lowest BCUT2D eigenvalue weighted by Crippen LogP contribution is -2.27. The third kappa shape index (κ3) is 3.36. The number of hydrogen-bond acceptors (Lipinski definition) is 4. The van der Waals surface area contributed by atoms with Crippen molar-refractivity contribution in [2.45, 2.75) is 12.5 Å². The number of halogens is 1. The lowest BCUT2D eigenvalue weighted by atomic mass is 10.1. The average molecular weight is 329 g/mol. The zero-order valence-corrected chi connectivity index (χ0v) is 12.7. The summed E-state index contributed by atoms with van der Waals surface area (Å²) in [6.07, 6.45) is 0.330. The van der Waals surface area contributed by atoms with Crippen LogP contribution in [0.1, 0.15) is 16.8 Å². The van der Waals surface area contributed by atoms with Crippen LogP contribution in [-0.4, -0.2) is 29.6 Å². The van der Waals surface area contributed by atoms with E-state index < -0.39 is 5.91 Å². The first kappa shape index (κ1) is 15.9. The Balaban J connectivity index is 1.66. The molecule has 24 heavy (non-hydrogen) atoms. The van der Waals surface area contributed by atoms with Gasteiger partial charge in [-0.25, -0.2) is 9.87 Å². The first-order valence-electron chi connectivity index (χ1n) is 7.44. The van der Waals surface area contributed by atoms with Gasteiger partial charge in [-0.3, -0.25) is 14.8 Å². The second kappa shape index (κ2) is 6.67. The van der Waals surface area contributed by atoms with E-state index in [4.69, 9.17) is 5.21 Å². The monoisotopic (exact) mass is 329 g/mol. The van der Waals surface area contributed by atoms with Crippen molar-refractivity contribution in [2.24, 2.45) is 0 Å². The van der Waals surface area contributed by atoms with E-state index in [0.717, 1.165) is 5.69 Å². The molecule has 1 saturated heterocycles. The molecule has 1 aliphatic heterocycles. The Morgan fingerprint density at radius 2 is 1.79 bits per heavy atom. The third-order valence-corrected chi connectivity index (χ3v) is 3.88. The van der Waals surface area contributed by atoms with E-state index >= 15 is 0 Å². The van der Waals surface area contributed by atoms with Crippen LogP contribution in [0, 0.1) is 5.82 Å². The first-order valence-corrected chi connectivity index (χ1v) is 7.44. The molecule has 2 aromatic rings. The SMILES string of the molecule is O=C(NO)c1ccc(NC2CC(=O)N(c3ccc(F)cc3)C2)cc1. The maximum atomic E-state index is 13.0. The van der Waals surface area contributed by atoms with Crippen molar-refractivity contribution in [3.8, 4) is 0 Å². The zero-order chi connectivity index (χ0) is 17.1. The van der Waals surface area contributed by atoms with Gasteiger partial charge in [-0.1, -0.05) is 0 Å². The predicted octanol–water partition coefficient (Wildman–Crippen LogP) is 2.16. The Bertz CT molecular complexity index is 747. The molecule has 1 aliphatic rings. The molecule has 124 valence electrons. The number of rotatable bonds is 4. The van der Waals surface area contributed by atoms with Crippen molar-refractivity contribution in [2.75, 3.05) is 16.8 Å². The molecule has 0 spiro atoms. The number of anilines is 2. The van der Waals surface area contributed by atoms with Crippen molar-refractivity contribution in [3.63, 3.8) is 0 Å². The quantitative estimate of drug-likeness (QED) is 0.593.